The molecule has 1 aliphatic rings. The molecule has 4 heteroatoms. The molecule has 3 N–H and O–H groups in total. The minimum atomic E-state index is -0.225. The van der Waals surface area contributed by atoms with Crippen LogP contribution in [0.3, 0.4) is 0 Å². The molecule has 3 aromatic rings. The Labute approximate surface area is 116 Å². The summed E-state index contributed by atoms with van der Waals surface area (Å²) in [6.45, 7) is 0. The van der Waals surface area contributed by atoms with E-state index in [9.17, 15) is 0 Å². The van der Waals surface area contributed by atoms with Crippen molar-refractivity contribution in [2.24, 2.45) is 5.73 Å². The molecule has 0 saturated heterocycles. The molecule has 1 aliphatic carbocycles. The van der Waals surface area contributed by atoms with Crippen LogP contribution in [0.2, 0.25) is 0 Å². The summed E-state index contributed by atoms with van der Waals surface area (Å²) in [6, 6.07) is 11.8. The molecule has 0 fully saturated rings. The first-order chi connectivity index (χ1) is 9.83. The Hall–Kier alpha value is -2.33. The molecule has 20 heavy (non-hydrogen) atoms. The van der Waals surface area contributed by atoms with Crippen molar-refractivity contribution in [2.45, 2.75) is 18.9 Å². The van der Waals surface area contributed by atoms with Crippen LogP contribution in [-0.4, -0.2) is 9.97 Å². The topological polar surface area (TPSA) is 67.8 Å². The van der Waals surface area contributed by atoms with Crippen LogP contribution in [0.15, 0.2) is 47.1 Å². The monoisotopic (exact) mass is 265 g/mol. The van der Waals surface area contributed by atoms with Crippen LogP contribution < -0.4 is 5.73 Å². The fourth-order valence-electron chi connectivity index (χ4n) is 2.78. The highest BCUT2D eigenvalue weighted by atomic mass is 16.3. The third kappa shape index (κ3) is 1.69. The first-order valence-corrected chi connectivity index (χ1v) is 6.79. The van der Waals surface area contributed by atoms with Gasteiger partial charge in [0.05, 0.1) is 18.0 Å². The second-order valence-corrected chi connectivity index (χ2v) is 5.10. The summed E-state index contributed by atoms with van der Waals surface area (Å²) >= 11 is 0. The highest BCUT2D eigenvalue weighted by Gasteiger charge is 2.24. The molecule has 1 aromatic carbocycles. The molecule has 0 aliphatic heterocycles. The standard InChI is InChI=1S/C16H15N3O/c17-14(10-4-2-1-3-5-10)16-18-12-6-7-13-11(8-9-20-13)15(12)19-16/h1-5,8-9,14H,6-7,17H2,(H,18,19). The maximum Gasteiger partial charge on any atom is 0.128 e. The SMILES string of the molecule is NC(c1ccccc1)c1nc2c([nH]1)CCc1occc1-2. The third-order valence-electron chi connectivity index (χ3n) is 3.85. The second-order valence-electron chi connectivity index (χ2n) is 5.10. The fourth-order valence-corrected chi connectivity index (χ4v) is 2.78. The largest absolute Gasteiger partial charge is 0.469 e. The van der Waals surface area contributed by atoms with E-state index < -0.39 is 0 Å². The molecule has 4 rings (SSSR count). The van der Waals surface area contributed by atoms with Gasteiger partial charge >= 0.3 is 0 Å². The zero-order chi connectivity index (χ0) is 13.5. The average molecular weight is 265 g/mol. The van der Waals surface area contributed by atoms with E-state index in [2.05, 4.69) is 4.98 Å². The molecular formula is C16H15N3O. The summed E-state index contributed by atoms with van der Waals surface area (Å²) in [5.74, 6) is 1.83. The molecule has 0 radical (unpaired) electrons. The van der Waals surface area contributed by atoms with E-state index in [0.29, 0.717) is 0 Å². The Morgan fingerprint density at radius 1 is 1.15 bits per heavy atom. The number of nitrogens with zero attached hydrogens (tertiary/aromatic N) is 1. The minimum Gasteiger partial charge on any atom is -0.469 e. The van der Waals surface area contributed by atoms with Crippen molar-refractivity contribution >= 4 is 0 Å². The highest BCUT2D eigenvalue weighted by molar-refractivity contribution is 5.66. The van der Waals surface area contributed by atoms with Crippen LogP contribution in [0.4, 0.5) is 0 Å². The van der Waals surface area contributed by atoms with Gasteiger partial charge in [-0.25, -0.2) is 4.98 Å². The number of rotatable bonds is 2. The van der Waals surface area contributed by atoms with Crippen LogP contribution in [0.25, 0.3) is 11.3 Å². The quantitative estimate of drug-likeness (QED) is 0.748. The number of benzene rings is 1. The lowest BCUT2D eigenvalue weighted by Gasteiger charge is -2.08. The normalized spacial score (nSPS) is 14.7. The van der Waals surface area contributed by atoms with Gasteiger partial charge in [-0.1, -0.05) is 30.3 Å². The van der Waals surface area contributed by atoms with Gasteiger partial charge in [-0.05, 0) is 18.1 Å². The summed E-state index contributed by atoms with van der Waals surface area (Å²) < 4.78 is 5.48. The molecule has 1 atom stereocenters. The van der Waals surface area contributed by atoms with E-state index in [-0.39, 0.29) is 6.04 Å². The highest BCUT2D eigenvalue weighted by Crippen LogP contribution is 2.33. The molecule has 100 valence electrons. The van der Waals surface area contributed by atoms with E-state index in [4.69, 9.17) is 15.1 Å². The van der Waals surface area contributed by atoms with Crippen LogP contribution in [0.1, 0.15) is 28.9 Å². The molecule has 0 spiro atoms. The number of imidazole rings is 1. The van der Waals surface area contributed by atoms with Crippen molar-refractivity contribution in [1.82, 2.24) is 9.97 Å². The summed E-state index contributed by atoms with van der Waals surface area (Å²) in [5.41, 5.74) is 10.6. The van der Waals surface area contributed by atoms with Crippen molar-refractivity contribution < 1.29 is 4.42 Å². The number of nitrogens with one attached hydrogen (secondary N) is 1. The Morgan fingerprint density at radius 3 is 2.85 bits per heavy atom. The third-order valence-corrected chi connectivity index (χ3v) is 3.85. The molecule has 4 nitrogen and oxygen atoms in total. The van der Waals surface area contributed by atoms with E-state index in [1.165, 1.54) is 0 Å². The maximum absolute atomic E-state index is 6.31. The fraction of sp³-hybridized carbons (Fsp3) is 0.188. The molecular weight excluding hydrogens is 250 g/mol. The first-order valence-electron chi connectivity index (χ1n) is 6.79. The molecule has 0 bridgehead atoms. The van der Waals surface area contributed by atoms with E-state index in [1.807, 2.05) is 36.4 Å². The smallest absolute Gasteiger partial charge is 0.128 e. The van der Waals surface area contributed by atoms with Gasteiger partial charge in [0.25, 0.3) is 0 Å². The molecule has 2 heterocycles. The van der Waals surface area contributed by atoms with Crippen LogP contribution in [-0.2, 0) is 12.8 Å². The Kier molecular flexibility index (Phi) is 2.50. The van der Waals surface area contributed by atoms with Gasteiger partial charge in [0.1, 0.15) is 11.6 Å². The zero-order valence-corrected chi connectivity index (χ0v) is 11.0. The number of hydrogen-bond acceptors (Lipinski definition) is 3. The van der Waals surface area contributed by atoms with Gasteiger partial charge in [-0.3, -0.25) is 0 Å². The Morgan fingerprint density at radius 2 is 2.00 bits per heavy atom. The van der Waals surface area contributed by atoms with Crippen molar-refractivity contribution in [3.8, 4) is 11.3 Å². The predicted molar refractivity (Wildman–Crippen MR) is 76.2 cm³/mol. The second kappa shape index (κ2) is 4.35. The Balaban J connectivity index is 1.76. The van der Waals surface area contributed by atoms with Gasteiger partial charge in [-0.2, -0.15) is 0 Å². The number of hydrogen-bond donors (Lipinski definition) is 2. The predicted octanol–water partition coefficient (Wildman–Crippen LogP) is 2.82. The van der Waals surface area contributed by atoms with Crippen LogP contribution in [0, 0.1) is 0 Å². The summed E-state index contributed by atoms with van der Waals surface area (Å²) in [6.07, 6.45) is 3.56. The summed E-state index contributed by atoms with van der Waals surface area (Å²) in [4.78, 5) is 8.08. The summed E-state index contributed by atoms with van der Waals surface area (Å²) in [5, 5.41) is 0. The lowest BCUT2D eigenvalue weighted by molar-refractivity contribution is 0.506. The number of H-pyrrole nitrogens is 1. The van der Waals surface area contributed by atoms with E-state index >= 15 is 0 Å². The van der Waals surface area contributed by atoms with E-state index in [0.717, 1.165) is 46.9 Å². The molecule has 0 amide bonds. The van der Waals surface area contributed by atoms with Gasteiger partial charge in [0.2, 0.25) is 0 Å². The summed E-state index contributed by atoms with van der Waals surface area (Å²) in [7, 11) is 0. The lowest BCUT2D eigenvalue weighted by Crippen LogP contribution is -2.13. The van der Waals surface area contributed by atoms with Gasteiger partial charge < -0.3 is 15.1 Å². The number of fused-ring (bicyclic) bond motifs is 3. The van der Waals surface area contributed by atoms with Gasteiger partial charge in [0, 0.05) is 17.7 Å². The number of nitrogens with two attached hydrogens (primary N) is 1. The maximum atomic E-state index is 6.31. The van der Waals surface area contributed by atoms with Gasteiger partial charge in [-0.15, -0.1) is 0 Å². The molecule has 0 saturated carbocycles. The Bertz CT molecular complexity index is 742. The number of aromatic nitrogens is 2. The van der Waals surface area contributed by atoms with Gasteiger partial charge in [0.15, 0.2) is 0 Å². The van der Waals surface area contributed by atoms with Crippen molar-refractivity contribution in [2.75, 3.05) is 0 Å². The lowest BCUT2D eigenvalue weighted by atomic mass is 10.00. The van der Waals surface area contributed by atoms with Crippen molar-refractivity contribution in [1.29, 1.82) is 0 Å². The van der Waals surface area contributed by atoms with Crippen molar-refractivity contribution in [3.63, 3.8) is 0 Å². The number of aromatic amines is 1. The molecule has 1 unspecified atom stereocenters. The molecule has 2 aromatic heterocycles. The van der Waals surface area contributed by atoms with Crippen molar-refractivity contribution in [3.05, 3.63) is 65.5 Å². The number of aryl methyl sites for hydroxylation is 2. The average Bonchev–Trinajstić information content (AvgIpc) is 3.12. The zero-order valence-electron chi connectivity index (χ0n) is 11.0. The van der Waals surface area contributed by atoms with E-state index in [1.54, 1.807) is 6.26 Å². The van der Waals surface area contributed by atoms with Crippen LogP contribution >= 0.6 is 0 Å². The first kappa shape index (κ1) is 11.5. The minimum absolute atomic E-state index is 0.225. The van der Waals surface area contributed by atoms with Crippen LogP contribution in [0.5, 0.6) is 0 Å². The number of furan rings is 1.